The molecule has 0 atom stereocenters. The first-order valence-electron chi connectivity index (χ1n) is 6.41. The van der Waals surface area contributed by atoms with Gasteiger partial charge in [-0.3, -0.25) is 0 Å². The molecule has 0 saturated carbocycles. The second kappa shape index (κ2) is 6.89. The van der Waals surface area contributed by atoms with Crippen molar-refractivity contribution in [2.24, 2.45) is 0 Å². The summed E-state index contributed by atoms with van der Waals surface area (Å²) < 4.78 is 10.4. The molecular formula is C14H19N3O2. The molecule has 0 aliphatic heterocycles. The van der Waals surface area contributed by atoms with Gasteiger partial charge >= 0.3 is 0 Å². The van der Waals surface area contributed by atoms with Crippen molar-refractivity contribution in [3.05, 3.63) is 41.5 Å². The van der Waals surface area contributed by atoms with E-state index in [4.69, 9.17) is 9.26 Å². The molecule has 102 valence electrons. The molecule has 0 amide bonds. The van der Waals surface area contributed by atoms with Crippen molar-refractivity contribution in [2.45, 2.75) is 19.3 Å². The van der Waals surface area contributed by atoms with E-state index in [0.717, 1.165) is 36.5 Å². The van der Waals surface area contributed by atoms with E-state index in [0.29, 0.717) is 12.3 Å². The zero-order chi connectivity index (χ0) is 13.5. The van der Waals surface area contributed by atoms with Crippen LogP contribution in [0.4, 0.5) is 0 Å². The van der Waals surface area contributed by atoms with E-state index in [1.165, 1.54) is 0 Å². The normalized spacial score (nSPS) is 10.6. The Morgan fingerprint density at radius 2 is 2.05 bits per heavy atom. The van der Waals surface area contributed by atoms with Gasteiger partial charge in [0, 0.05) is 6.42 Å². The second-order valence-electron chi connectivity index (χ2n) is 4.34. The number of benzene rings is 1. The van der Waals surface area contributed by atoms with Crippen molar-refractivity contribution in [1.82, 2.24) is 15.5 Å². The maximum Gasteiger partial charge on any atom is 0.231 e. The third-order valence-corrected chi connectivity index (χ3v) is 2.85. The molecule has 5 nitrogen and oxygen atoms in total. The van der Waals surface area contributed by atoms with E-state index >= 15 is 0 Å². The van der Waals surface area contributed by atoms with Gasteiger partial charge in [0.15, 0.2) is 5.82 Å². The fourth-order valence-corrected chi connectivity index (χ4v) is 1.80. The monoisotopic (exact) mass is 261 g/mol. The molecule has 1 N–H and O–H groups in total. The SMILES string of the molecule is CNCCCc1noc(Cc2ccc(OC)cc2)n1. The molecule has 0 saturated heterocycles. The Morgan fingerprint density at radius 3 is 2.74 bits per heavy atom. The lowest BCUT2D eigenvalue weighted by Gasteiger charge is -2.00. The molecule has 0 aliphatic carbocycles. The zero-order valence-corrected chi connectivity index (χ0v) is 11.3. The molecule has 0 bridgehead atoms. The number of aryl methyl sites for hydroxylation is 1. The van der Waals surface area contributed by atoms with Gasteiger partial charge in [-0.1, -0.05) is 17.3 Å². The summed E-state index contributed by atoms with van der Waals surface area (Å²) in [5, 5.41) is 7.08. The van der Waals surface area contributed by atoms with E-state index in [-0.39, 0.29) is 0 Å². The highest BCUT2D eigenvalue weighted by atomic mass is 16.5. The minimum atomic E-state index is 0.656. The highest BCUT2D eigenvalue weighted by Crippen LogP contribution is 2.14. The average molecular weight is 261 g/mol. The molecule has 5 heteroatoms. The fourth-order valence-electron chi connectivity index (χ4n) is 1.80. The van der Waals surface area contributed by atoms with Crippen molar-refractivity contribution < 1.29 is 9.26 Å². The van der Waals surface area contributed by atoms with Gasteiger partial charge in [0.1, 0.15) is 5.75 Å². The van der Waals surface area contributed by atoms with Gasteiger partial charge in [0.05, 0.1) is 13.5 Å². The topological polar surface area (TPSA) is 60.2 Å². The highest BCUT2D eigenvalue weighted by Gasteiger charge is 2.07. The van der Waals surface area contributed by atoms with Crippen LogP contribution in [0.3, 0.4) is 0 Å². The van der Waals surface area contributed by atoms with Gasteiger partial charge in [0.25, 0.3) is 0 Å². The Balaban J connectivity index is 1.91. The van der Waals surface area contributed by atoms with Crippen molar-refractivity contribution >= 4 is 0 Å². The summed E-state index contributed by atoms with van der Waals surface area (Å²) in [7, 11) is 3.59. The highest BCUT2D eigenvalue weighted by molar-refractivity contribution is 5.28. The zero-order valence-electron chi connectivity index (χ0n) is 11.3. The molecule has 0 unspecified atom stereocenters. The predicted molar refractivity (Wildman–Crippen MR) is 72.3 cm³/mol. The molecule has 0 radical (unpaired) electrons. The average Bonchev–Trinajstić information content (AvgIpc) is 2.88. The van der Waals surface area contributed by atoms with Gasteiger partial charge in [-0.25, -0.2) is 0 Å². The summed E-state index contributed by atoms with van der Waals surface area (Å²) in [6.45, 7) is 0.961. The van der Waals surface area contributed by atoms with Crippen LogP contribution in [-0.4, -0.2) is 30.8 Å². The molecule has 0 aliphatic rings. The van der Waals surface area contributed by atoms with E-state index in [1.807, 2.05) is 31.3 Å². The number of hydrogen-bond donors (Lipinski definition) is 1. The Bertz CT molecular complexity index is 494. The van der Waals surface area contributed by atoms with Crippen LogP contribution in [0, 0.1) is 0 Å². The van der Waals surface area contributed by atoms with Crippen LogP contribution in [-0.2, 0) is 12.8 Å². The molecule has 2 aromatic rings. The van der Waals surface area contributed by atoms with Gasteiger partial charge < -0.3 is 14.6 Å². The van der Waals surface area contributed by atoms with Gasteiger partial charge in [-0.15, -0.1) is 0 Å². The van der Waals surface area contributed by atoms with Crippen molar-refractivity contribution in [1.29, 1.82) is 0 Å². The van der Waals surface area contributed by atoms with E-state index in [9.17, 15) is 0 Å². The lowest BCUT2D eigenvalue weighted by atomic mass is 10.1. The third-order valence-electron chi connectivity index (χ3n) is 2.85. The van der Waals surface area contributed by atoms with E-state index in [1.54, 1.807) is 7.11 Å². The number of nitrogens with one attached hydrogen (secondary N) is 1. The fraction of sp³-hybridized carbons (Fsp3) is 0.429. The first-order valence-corrected chi connectivity index (χ1v) is 6.41. The summed E-state index contributed by atoms with van der Waals surface area (Å²) in [5.41, 5.74) is 1.13. The van der Waals surface area contributed by atoms with Crippen LogP contribution in [0.1, 0.15) is 23.7 Å². The summed E-state index contributed by atoms with van der Waals surface area (Å²) in [6.07, 6.45) is 2.51. The summed E-state index contributed by atoms with van der Waals surface area (Å²) in [5.74, 6) is 2.28. The first-order chi connectivity index (χ1) is 9.31. The van der Waals surface area contributed by atoms with E-state index < -0.39 is 0 Å². The molecule has 2 rings (SSSR count). The standard InChI is InChI=1S/C14H19N3O2/c1-15-9-3-4-13-16-14(19-17-13)10-11-5-7-12(18-2)8-6-11/h5-8,15H,3-4,9-10H2,1-2H3. The van der Waals surface area contributed by atoms with Crippen LogP contribution in [0.25, 0.3) is 0 Å². The number of methoxy groups -OCH3 is 1. The van der Waals surface area contributed by atoms with Crippen LogP contribution in [0.2, 0.25) is 0 Å². The lowest BCUT2D eigenvalue weighted by Crippen LogP contribution is -2.08. The van der Waals surface area contributed by atoms with Gasteiger partial charge in [0.2, 0.25) is 5.89 Å². The maximum absolute atomic E-state index is 5.24. The summed E-state index contributed by atoms with van der Waals surface area (Å²) >= 11 is 0. The van der Waals surface area contributed by atoms with Crippen LogP contribution in [0.5, 0.6) is 5.75 Å². The first kappa shape index (κ1) is 13.5. The molecule has 1 heterocycles. The Labute approximate surface area is 113 Å². The van der Waals surface area contributed by atoms with E-state index in [2.05, 4.69) is 15.5 Å². The molecule has 19 heavy (non-hydrogen) atoms. The minimum absolute atomic E-state index is 0.656. The minimum Gasteiger partial charge on any atom is -0.497 e. The van der Waals surface area contributed by atoms with Crippen molar-refractivity contribution in [3.8, 4) is 5.75 Å². The Hall–Kier alpha value is -1.88. The molecular weight excluding hydrogens is 242 g/mol. The maximum atomic E-state index is 5.24. The number of ether oxygens (including phenoxy) is 1. The third kappa shape index (κ3) is 4.06. The van der Waals surface area contributed by atoms with Crippen molar-refractivity contribution in [2.75, 3.05) is 20.7 Å². The lowest BCUT2D eigenvalue weighted by molar-refractivity contribution is 0.378. The quantitative estimate of drug-likeness (QED) is 0.770. The van der Waals surface area contributed by atoms with Gasteiger partial charge in [-0.2, -0.15) is 4.98 Å². The number of nitrogens with zero attached hydrogens (tertiary/aromatic N) is 2. The Kier molecular flexibility index (Phi) is 4.92. The number of aromatic nitrogens is 2. The van der Waals surface area contributed by atoms with Gasteiger partial charge in [-0.05, 0) is 37.7 Å². The van der Waals surface area contributed by atoms with Crippen LogP contribution in [0.15, 0.2) is 28.8 Å². The molecule has 0 spiro atoms. The molecule has 1 aromatic heterocycles. The smallest absolute Gasteiger partial charge is 0.231 e. The number of hydrogen-bond acceptors (Lipinski definition) is 5. The van der Waals surface area contributed by atoms with Crippen molar-refractivity contribution in [3.63, 3.8) is 0 Å². The predicted octanol–water partition coefficient (Wildman–Crippen LogP) is 1.82. The molecule has 0 fully saturated rings. The molecule has 1 aromatic carbocycles. The summed E-state index contributed by atoms with van der Waals surface area (Å²) in [4.78, 5) is 4.38. The second-order valence-corrected chi connectivity index (χ2v) is 4.34. The van der Waals surface area contributed by atoms with Crippen LogP contribution >= 0.6 is 0 Å². The largest absolute Gasteiger partial charge is 0.497 e. The summed E-state index contributed by atoms with van der Waals surface area (Å²) in [6, 6.07) is 7.87. The Morgan fingerprint density at radius 1 is 1.26 bits per heavy atom. The number of rotatable bonds is 7. The van der Waals surface area contributed by atoms with Crippen LogP contribution < -0.4 is 10.1 Å².